The van der Waals surface area contributed by atoms with Crippen LogP contribution in [-0.4, -0.2) is 40.6 Å². The van der Waals surface area contributed by atoms with E-state index in [4.69, 9.17) is 14.2 Å². The number of methoxy groups -OCH3 is 1. The van der Waals surface area contributed by atoms with E-state index in [1.165, 1.54) is 4.90 Å². The molecule has 1 unspecified atom stereocenters. The Balaban J connectivity index is 1.50. The number of carboxylic acids is 1. The maximum absolute atomic E-state index is 14.2. The highest BCUT2D eigenvalue weighted by Gasteiger charge is 2.49. The monoisotopic (exact) mass is 529 g/mol. The predicted octanol–water partition coefficient (Wildman–Crippen LogP) is 5.70. The van der Waals surface area contributed by atoms with E-state index in [0.29, 0.717) is 18.1 Å². The van der Waals surface area contributed by atoms with Crippen LogP contribution in [0.3, 0.4) is 0 Å². The minimum atomic E-state index is -1.51. The van der Waals surface area contributed by atoms with Crippen LogP contribution >= 0.6 is 0 Å². The fourth-order valence-corrected chi connectivity index (χ4v) is 5.60. The first kappa shape index (κ1) is 26.8. The van der Waals surface area contributed by atoms with Crippen LogP contribution in [0.2, 0.25) is 0 Å². The molecule has 2 aliphatic rings. The summed E-state index contributed by atoms with van der Waals surface area (Å²) in [6.45, 7) is 2.04. The molecule has 1 amide bonds. The number of rotatable bonds is 9. The zero-order valence-electron chi connectivity index (χ0n) is 22.5. The summed E-state index contributed by atoms with van der Waals surface area (Å²) in [5, 5.41) is 10.5. The molecule has 3 aromatic rings. The largest absolute Gasteiger partial charge is 0.493 e. The van der Waals surface area contributed by atoms with Crippen LogP contribution < -0.4 is 9.47 Å². The number of hydrogen-bond acceptors (Lipinski definition) is 5. The van der Waals surface area contributed by atoms with Crippen LogP contribution in [-0.2, 0) is 33.9 Å². The van der Waals surface area contributed by atoms with Crippen molar-refractivity contribution in [2.24, 2.45) is 0 Å². The Morgan fingerprint density at radius 2 is 1.67 bits per heavy atom. The van der Waals surface area contributed by atoms with Crippen LogP contribution in [0.15, 0.2) is 72.8 Å². The number of fused-ring (bicyclic) bond motifs is 1. The normalized spacial score (nSPS) is 19.8. The Hall–Kier alpha value is -3.84. The lowest BCUT2D eigenvalue weighted by molar-refractivity contribution is -0.168. The minimum Gasteiger partial charge on any atom is -0.493 e. The van der Waals surface area contributed by atoms with E-state index in [9.17, 15) is 14.7 Å². The average molecular weight is 530 g/mol. The Morgan fingerprint density at radius 1 is 1.00 bits per heavy atom. The SMILES string of the molecule is COc1ccc2c(c1OCc1ccccc1)CC(C)(C(=O)O)N(C(=O)[C@H](OC1CCCC1)c1ccccc1)C2. The van der Waals surface area contributed by atoms with Crippen molar-refractivity contribution in [3.63, 3.8) is 0 Å². The lowest BCUT2D eigenvalue weighted by Gasteiger charge is -2.44. The van der Waals surface area contributed by atoms with Gasteiger partial charge in [-0.3, -0.25) is 4.79 Å². The van der Waals surface area contributed by atoms with Gasteiger partial charge in [0.05, 0.1) is 13.2 Å². The highest BCUT2D eigenvalue weighted by molar-refractivity contribution is 5.90. The molecular formula is C32H35NO6. The van der Waals surface area contributed by atoms with Gasteiger partial charge in [0.25, 0.3) is 5.91 Å². The van der Waals surface area contributed by atoms with Crippen LogP contribution in [0.5, 0.6) is 11.5 Å². The lowest BCUT2D eigenvalue weighted by Crippen LogP contribution is -2.59. The molecule has 7 heteroatoms. The third-order valence-corrected chi connectivity index (χ3v) is 7.90. The van der Waals surface area contributed by atoms with E-state index in [0.717, 1.165) is 47.9 Å². The molecule has 1 fully saturated rings. The molecule has 0 spiro atoms. The maximum atomic E-state index is 14.2. The fourth-order valence-electron chi connectivity index (χ4n) is 5.60. The van der Waals surface area contributed by atoms with Crippen molar-refractivity contribution < 1.29 is 28.9 Å². The second-order valence-electron chi connectivity index (χ2n) is 10.5. The molecule has 0 radical (unpaired) electrons. The van der Waals surface area contributed by atoms with Crippen LogP contribution in [0.25, 0.3) is 0 Å². The number of carboxylic acid groups (broad SMARTS) is 1. The lowest BCUT2D eigenvalue weighted by atomic mass is 9.82. The summed E-state index contributed by atoms with van der Waals surface area (Å²) in [5.74, 6) is -0.374. The molecule has 1 N–H and O–H groups in total. The molecule has 1 heterocycles. The summed E-state index contributed by atoms with van der Waals surface area (Å²) in [6.07, 6.45) is 3.12. The standard InChI is InChI=1S/C32H35NO6/c1-32(31(35)36)19-26-24(17-18-27(37-2)29(26)38-21-22-11-5-3-6-12-22)20-33(32)30(34)28(23-13-7-4-8-14-23)39-25-15-9-10-16-25/h3-8,11-14,17-18,25,28H,9-10,15-16,19-21H2,1-2H3,(H,35,36)/t28-,32?/m1/s1. The van der Waals surface area contributed by atoms with Gasteiger partial charge in [-0.15, -0.1) is 0 Å². The second kappa shape index (κ2) is 11.5. The van der Waals surface area contributed by atoms with Gasteiger partial charge >= 0.3 is 5.97 Å². The Labute approximate surface area is 229 Å². The number of hydrogen-bond donors (Lipinski definition) is 1. The first-order valence-electron chi connectivity index (χ1n) is 13.5. The van der Waals surface area contributed by atoms with Gasteiger partial charge < -0.3 is 24.2 Å². The third kappa shape index (κ3) is 5.50. The quantitative estimate of drug-likeness (QED) is 0.383. The highest BCUT2D eigenvalue weighted by Crippen LogP contribution is 2.43. The number of aliphatic carboxylic acids is 1. The van der Waals surface area contributed by atoms with Gasteiger partial charge in [-0.2, -0.15) is 0 Å². The maximum Gasteiger partial charge on any atom is 0.329 e. The molecule has 1 saturated carbocycles. The molecule has 1 aliphatic heterocycles. The zero-order chi connectivity index (χ0) is 27.4. The van der Waals surface area contributed by atoms with E-state index in [1.807, 2.05) is 72.8 Å². The predicted molar refractivity (Wildman–Crippen MR) is 147 cm³/mol. The first-order valence-corrected chi connectivity index (χ1v) is 13.5. The van der Waals surface area contributed by atoms with Crippen molar-refractivity contribution in [1.82, 2.24) is 4.90 Å². The average Bonchev–Trinajstić information content (AvgIpc) is 3.48. The molecule has 2 atom stereocenters. The Morgan fingerprint density at radius 3 is 2.31 bits per heavy atom. The van der Waals surface area contributed by atoms with E-state index < -0.39 is 17.6 Å². The molecule has 204 valence electrons. The first-order chi connectivity index (χ1) is 18.9. The number of nitrogens with zero attached hydrogens (tertiary/aromatic N) is 1. The Kier molecular flexibility index (Phi) is 7.89. The van der Waals surface area contributed by atoms with E-state index in [2.05, 4.69) is 0 Å². The molecule has 39 heavy (non-hydrogen) atoms. The zero-order valence-corrected chi connectivity index (χ0v) is 22.5. The molecular weight excluding hydrogens is 494 g/mol. The number of amides is 1. The van der Waals surface area contributed by atoms with Gasteiger partial charge in [-0.25, -0.2) is 4.79 Å². The van der Waals surface area contributed by atoms with Crippen LogP contribution in [0.4, 0.5) is 0 Å². The smallest absolute Gasteiger partial charge is 0.329 e. The van der Waals surface area contributed by atoms with Crippen LogP contribution in [0.1, 0.15) is 61.0 Å². The van der Waals surface area contributed by atoms with Crippen molar-refractivity contribution >= 4 is 11.9 Å². The van der Waals surface area contributed by atoms with Gasteiger partial charge in [0.1, 0.15) is 12.1 Å². The molecule has 0 bridgehead atoms. The van der Waals surface area contributed by atoms with Gasteiger partial charge in [0, 0.05) is 18.5 Å². The van der Waals surface area contributed by atoms with Crippen LogP contribution in [0, 0.1) is 0 Å². The number of ether oxygens (including phenoxy) is 3. The van der Waals surface area contributed by atoms with Crippen molar-refractivity contribution in [2.75, 3.05) is 7.11 Å². The fraction of sp³-hybridized carbons (Fsp3) is 0.375. The van der Waals surface area contributed by atoms with Gasteiger partial charge in [-0.05, 0) is 42.5 Å². The number of carbonyl (C=O) groups excluding carboxylic acids is 1. The summed E-state index contributed by atoms with van der Waals surface area (Å²) in [7, 11) is 1.57. The number of carbonyl (C=O) groups is 2. The minimum absolute atomic E-state index is 0.0189. The van der Waals surface area contributed by atoms with Gasteiger partial charge in [0.2, 0.25) is 0 Å². The van der Waals surface area contributed by atoms with E-state index in [-0.39, 0.29) is 25.0 Å². The third-order valence-electron chi connectivity index (χ3n) is 7.90. The molecule has 1 aliphatic carbocycles. The van der Waals surface area contributed by atoms with E-state index >= 15 is 0 Å². The van der Waals surface area contributed by atoms with E-state index in [1.54, 1.807) is 14.0 Å². The molecule has 7 nitrogen and oxygen atoms in total. The number of benzene rings is 3. The topological polar surface area (TPSA) is 85.3 Å². The second-order valence-corrected chi connectivity index (χ2v) is 10.5. The highest BCUT2D eigenvalue weighted by atomic mass is 16.5. The van der Waals surface area contributed by atoms with Crippen molar-refractivity contribution in [3.8, 4) is 11.5 Å². The summed E-state index contributed by atoms with van der Waals surface area (Å²) >= 11 is 0. The Bertz CT molecular complexity index is 1300. The molecule has 0 aromatic heterocycles. The summed E-state index contributed by atoms with van der Waals surface area (Å²) in [4.78, 5) is 28.5. The summed E-state index contributed by atoms with van der Waals surface area (Å²) in [5.41, 5.74) is 1.79. The molecule has 0 saturated heterocycles. The molecule has 5 rings (SSSR count). The van der Waals surface area contributed by atoms with Crippen molar-refractivity contribution in [3.05, 3.63) is 95.1 Å². The van der Waals surface area contributed by atoms with Crippen molar-refractivity contribution in [1.29, 1.82) is 0 Å². The molecule has 3 aromatic carbocycles. The van der Waals surface area contributed by atoms with Gasteiger partial charge in [0.15, 0.2) is 17.6 Å². The van der Waals surface area contributed by atoms with Gasteiger partial charge in [-0.1, -0.05) is 79.6 Å². The summed E-state index contributed by atoms with van der Waals surface area (Å²) < 4.78 is 18.2. The summed E-state index contributed by atoms with van der Waals surface area (Å²) in [6, 6.07) is 22.8. The van der Waals surface area contributed by atoms with Crippen molar-refractivity contribution in [2.45, 2.75) is 69.9 Å².